The number of aryl methyl sites for hydroxylation is 1. The van der Waals surface area contributed by atoms with Crippen LogP contribution in [0.25, 0.3) is 5.76 Å². The van der Waals surface area contributed by atoms with Crippen molar-refractivity contribution in [3.8, 4) is 11.5 Å². The molecule has 0 spiro atoms. The Labute approximate surface area is 269 Å². The van der Waals surface area contributed by atoms with Gasteiger partial charge in [0.25, 0.3) is 5.78 Å². The van der Waals surface area contributed by atoms with E-state index in [-0.39, 0.29) is 16.5 Å². The molecule has 11 heteroatoms. The molecule has 8 nitrogen and oxygen atoms in total. The number of hydrogen-bond donors (Lipinski definition) is 1. The van der Waals surface area contributed by atoms with Crippen molar-refractivity contribution in [2.45, 2.75) is 49.2 Å². The molecule has 0 saturated carbocycles. The lowest BCUT2D eigenvalue weighted by Crippen LogP contribution is -2.29. The molecule has 1 N–H and O–H groups in total. The van der Waals surface area contributed by atoms with Gasteiger partial charge >= 0.3 is 5.91 Å². The first-order valence-corrected chi connectivity index (χ1v) is 16.4. The molecule has 1 fully saturated rings. The number of methoxy groups -OCH3 is 1. The largest absolute Gasteiger partial charge is 0.507 e. The highest BCUT2D eigenvalue weighted by atomic mass is 35.5. The Balaban J connectivity index is 1.53. The highest BCUT2D eigenvalue weighted by molar-refractivity contribution is 8.00. The lowest BCUT2D eigenvalue weighted by molar-refractivity contribution is -0.132. The molecule has 0 radical (unpaired) electrons. The fourth-order valence-corrected chi connectivity index (χ4v) is 6.75. The average molecular weight is 650 g/mol. The van der Waals surface area contributed by atoms with Crippen LogP contribution in [-0.2, 0) is 15.3 Å². The number of nitrogens with zero attached hydrogens (tertiary/aromatic N) is 3. The standard InChI is InChI=1S/C33H32ClN3O5S2/c1-4-5-6-17-42-25-16-13-23(18-26(25)41-3)28-27(29(38)22-11-14-24(34)15-12-22)30(39)31(40)37(28)32-35-36-33(44-32)43-19-21-9-7-20(2)8-10-21/h7-16,18,28,38H,4-6,17,19H2,1-3H3/b29-27-. The van der Waals surface area contributed by atoms with Crippen LogP contribution in [0.2, 0.25) is 5.02 Å². The van der Waals surface area contributed by atoms with Crippen molar-refractivity contribution in [3.63, 3.8) is 0 Å². The van der Waals surface area contributed by atoms with Crippen molar-refractivity contribution in [1.82, 2.24) is 10.2 Å². The number of aromatic nitrogens is 2. The molecule has 1 unspecified atom stereocenters. The predicted octanol–water partition coefficient (Wildman–Crippen LogP) is 8.00. The number of ether oxygens (including phenoxy) is 2. The third-order valence-electron chi connectivity index (χ3n) is 7.16. The topological polar surface area (TPSA) is 102 Å². The molecular formula is C33H32ClN3O5S2. The van der Waals surface area contributed by atoms with Crippen LogP contribution in [0.4, 0.5) is 5.13 Å². The van der Waals surface area contributed by atoms with Gasteiger partial charge in [0.05, 0.1) is 25.3 Å². The number of ketones is 1. The van der Waals surface area contributed by atoms with E-state index in [4.69, 9.17) is 21.1 Å². The van der Waals surface area contributed by atoms with Gasteiger partial charge in [-0.05, 0) is 60.9 Å². The number of amides is 1. The Kier molecular flexibility index (Phi) is 10.2. The summed E-state index contributed by atoms with van der Waals surface area (Å²) in [5, 5.41) is 20.8. The monoisotopic (exact) mass is 649 g/mol. The van der Waals surface area contributed by atoms with Crippen LogP contribution in [0.5, 0.6) is 11.5 Å². The van der Waals surface area contributed by atoms with Crippen molar-refractivity contribution in [1.29, 1.82) is 0 Å². The number of anilines is 1. The number of rotatable bonds is 12. The molecule has 1 atom stereocenters. The molecule has 1 saturated heterocycles. The van der Waals surface area contributed by atoms with Crippen molar-refractivity contribution < 1.29 is 24.2 Å². The van der Waals surface area contributed by atoms with E-state index in [1.165, 1.54) is 40.7 Å². The molecule has 0 aliphatic carbocycles. The zero-order valence-corrected chi connectivity index (χ0v) is 27.0. The van der Waals surface area contributed by atoms with E-state index in [9.17, 15) is 14.7 Å². The molecule has 2 heterocycles. The highest BCUT2D eigenvalue weighted by Crippen LogP contribution is 2.45. The molecule has 1 amide bonds. The fourth-order valence-electron chi connectivity index (χ4n) is 4.80. The zero-order chi connectivity index (χ0) is 31.2. The van der Waals surface area contributed by atoms with Gasteiger partial charge in [0.15, 0.2) is 15.8 Å². The van der Waals surface area contributed by atoms with Crippen molar-refractivity contribution in [3.05, 3.63) is 99.6 Å². The predicted molar refractivity (Wildman–Crippen MR) is 175 cm³/mol. The van der Waals surface area contributed by atoms with Crippen molar-refractivity contribution in [2.24, 2.45) is 0 Å². The average Bonchev–Trinajstić information content (AvgIpc) is 3.60. The van der Waals surface area contributed by atoms with E-state index < -0.39 is 17.7 Å². The maximum atomic E-state index is 13.6. The molecule has 5 rings (SSSR count). The Morgan fingerprint density at radius 2 is 1.77 bits per heavy atom. The third-order valence-corrected chi connectivity index (χ3v) is 9.53. The van der Waals surface area contributed by atoms with Crippen molar-refractivity contribution in [2.75, 3.05) is 18.6 Å². The molecular weight excluding hydrogens is 618 g/mol. The summed E-state index contributed by atoms with van der Waals surface area (Å²) >= 11 is 8.77. The Hall–Kier alpha value is -3.86. The van der Waals surface area contributed by atoms with E-state index in [0.717, 1.165) is 24.8 Å². The zero-order valence-electron chi connectivity index (χ0n) is 24.6. The summed E-state index contributed by atoms with van der Waals surface area (Å²) in [5.74, 6) is -0.286. The number of aliphatic hydroxyl groups excluding tert-OH is 1. The number of carbonyl (C=O) groups is 2. The molecule has 1 aromatic heterocycles. The van der Waals surface area contributed by atoms with E-state index in [2.05, 4.69) is 41.4 Å². The lowest BCUT2D eigenvalue weighted by atomic mass is 9.95. The maximum absolute atomic E-state index is 13.6. The van der Waals surface area contributed by atoms with Gasteiger partial charge < -0.3 is 14.6 Å². The first-order valence-electron chi connectivity index (χ1n) is 14.2. The Bertz CT molecular complexity index is 1670. The van der Waals surface area contributed by atoms with Crippen LogP contribution in [0.1, 0.15) is 54.5 Å². The minimum atomic E-state index is -0.989. The first-order chi connectivity index (χ1) is 21.3. The van der Waals surface area contributed by atoms with Gasteiger partial charge in [0, 0.05) is 16.3 Å². The summed E-state index contributed by atoms with van der Waals surface area (Å²) in [7, 11) is 1.53. The van der Waals surface area contributed by atoms with E-state index in [1.807, 2.05) is 6.92 Å². The molecule has 3 aromatic carbocycles. The molecule has 4 aromatic rings. The van der Waals surface area contributed by atoms with Crippen LogP contribution in [0, 0.1) is 6.92 Å². The summed E-state index contributed by atoms with van der Waals surface area (Å²) in [6.45, 7) is 4.70. The van der Waals surface area contributed by atoms with Gasteiger partial charge in [-0.2, -0.15) is 0 Å². The van der Waals surface area contributed by atoms with Gasteiger partial charge in [0.2, 0.25) is 5.13 Å². The molecule has 228 valence electrons. The minimum Gasteiger partial charge on any atom is -0.507 e. The van der Waals surface area contributed by atoms with Crippen molar-refractivity contribution >= 4 is 57.3 Å². The lowest BCUT2D eigenvalue weighted by Gasteiger charge is -2.23. The third kappa shape index (κ3) is 6.93. The molecule has 1 aliphatic heterocycles. The number of aliphatic hydroxyl groups is 1. The number of hydrogen-bond acceptors (Lipinski definition) is 9. The SMILES string of the molecule is CCCCCOc1ccc(C2/C(=C(/O)c3ccc(Cl)cc3)C(=O)C(=O)N2c2nnc(SCc3ccc(C)cc3)s2)cc1OC. The van der Waals surface area contributed by atoms with Gasteiger partial charge in [-0.1, -0.05) is 90.4 Å². The van der Waals surface area contributed by atoms with Gasteiger partial charge in [-0.15, -0.1) is 10.2 Å². The van der Waals surface area contributed by atoms with E-state index in [1.54, 1.807) is 42.5 Å². The number of carbonyl (C=O) groups excluding carboxylic acids is 2. The van der Waals surface area contributed by atoms with Gasteiger partial charge in [0.1, 0.15) is 5.76 Å². The van der Waals surface area contributed by atoms with Crippen LogP contribution in [-0.4, -0.2) is 40.7 Å². The second-order valence-corrected chi connectivity index (χ2v) is 12.9. The first kappa shape index (κ1) is 31.6. The number of thioether (sulfide) groups is 1. The Morgan fingerprint density at radius 1 is 1.02 bits per heavy atom. The number of benzene rings is 3. The number of halogens is 1. The summed E-state index contributed by atoms with van der Waals surface area (Å²) in [5.41, 5.74) is 3.14. The van der Waals surface area contributed by atoms with Crippen LogP contribution < -0.4 is 14.4 Å². The minimum absolute atomic E-state index is 0.0694. The summed E-state index contributed by atoms with van der Waals surface area (Å²) in [4.78, 5) is 28.5. The number of unbranched alkanes of at least 4 members (excludes halogenated alkanes) is 2. The Morgan fingerprint density at radius 3 is 2.48 bits per heavy atom. The van der Waals surface area contributed by atoms with Crippen LogP contribution >= 0.6 is 34.7 Å². The second-order valence-electron chi connectivity index (χ2n) is 10.3. The quantitative estimate of drug-likeness (QED) is 0.0411. The van der Waals surface area contributed by atoms with Gasteiger partial charge in [-0.25, -0.2) is 0 Å². The summed E-state index contributed by atoms with van der Waals surface area (Å²) < 4.78 is 12.2. The highest BCUT2D eigenvalue weighted by Gasteiger charge is 2.48. The maximum Gasteiger partial charge on any atom is 0.301 e. The molecule has 44 heavy (non-hydrogen) atoms. The van der Waals surface area contributed by atoms with Gasteiger partial charge in [-0.3, -0.25) is 14.5 Å². The van der Waals surface area contributed by atoms with Crippen LogP contribution in [0.3, 0.4) is 0 Å². The normalized spacial score (nSPS) is 16.0. The van der Waals surface area contributed by atoms with E-state index >= 15 is 0 Å². The fraction of sp³-hybridized carbons (Fsp3) is 0.273. The number of Topliss-reactive ketones (excluding diaryl/α,β-unsaturated/α-hetero) is 1. The van der Waals surface area contributed by atoms with Crippen LogP contribution in [0.15, 0.2) is 76.6 Å². The smallest absolute Gasteiger partial charge is 0.301 e. The second kappa shape index (κ2) is 14.3. The molecule has 0 bridgehead atoms. The van der Waals surface area contributed by atoms with E-state index in [0.29, 0.717) is 44.3 Å². The summed E-state index contributed by atoms with van der Waals surface area (Å²) in [6.07, 6.45) is 3.03. The molecule has 1 aliphatic rings. The summed E-state index contributed by atoms with van der Waals surface area (Å²) in [6, 6.07) is 18.9.